The van der Waals surface area contributed by atoms with Crippen LogP contribution in [0.5, 0.6) is 0 Å². The predicted molar refractivity (Wildman–Crippen MR) is 65.3 cm³/mol. The Hall–Kier alpha value is -1.29. The topological polar surface area (TPSA) is 26.3 Å². The largest absolute Gasteiger partial charge is 0.373 e. The van der Waals surface area contributed by atoms with Gasteiger partial charge in [-0.15, -0.1) is 0 Å². The van der Waals surface area contributed by atoms with E-state index >= 15 is 0 Å². The smallest absolute Gasteiger partial charge is 0.166 e. The minimum Gasteiger partial charge on any atom is -0.373 e. The van der Waals surface area contributed by atoms with Crippen molar-refractivity contribution in [2.45, 2.75) is 33.3 Å². The molecule has 0 heterocycles. The van der Waals surface area contributed by atoms with E-state index in [4.69, 9.17) is 4.74 Å². The van der Waals surface area contributed by atoms with Crippen molar-refractivity contribution < 1.29 is 18.3 Å². The van der Waals surface area contributed by atoms with Crippen LogP contribution in [-0.2, 0) is 16.0 Å². The SMILES string of the molecule is COC(C(=O)Cc1c(F)cccc1F)C(C)(C)C. The Kier molecular flexibility index (Phi) is 4.57. The number of halogens is 2. The second-order valence-corrected chi connectivity index (χ2v) is 5.33. The Labute approximate surface area is 106 Å². The maximum atomic E-state index is 13.4. The fraction of sp³-hybridized carbons (Fsp3) is 0.500. The highest BCUT2D eigenvalue weighted by Gasteiger charge is 2.31. The number of hydrogen-bond acceptors (Lipinski definition) is 2. The molecule has 4 heteroatoms. The first kappa shape index (κ1) is 14.8. The van der Waals surface area contributed by atoms with Gasteiger partial charge in [0.25, 0.3) is 0 Å². The van der Waals surface area contributed by atoms with Gasteiger partial charge < -0.3 is 4.74 Å². The van der Waals surface area contributed by atoms with E-state index in [1.165, 1.54) is 13.2 Å². The molecule has 0 spiro atoms. The van der Waals surface area contributed by atoms with Gasteiger partial charge in [0.1, 0.15) is 17.7 Å². The second-order valence-electron chi connectivity index (χ2n) is 5.33. The lowest BCUT2D eigenvalue weighted by Crippen LogP contribution is -2.37. The molecule has 0 N–H and O–H groups in total. The van der Waals surface area contributed by atoms with Crippen molar-refractivity contribution in [1.29, 1.82) is 0 Å². The zero-order chi connectivity index (χ0) is 13.9. The molecule has 1 rings (SSSR count). The number of methoxy groups -OCH3 is 1. The summed E-state index contributed by atoms with van der Waals surface area (Å²) in [5, 5.41) is 0. The van der Waals surface area contributed by atoms with Crippen LogP contribution in [0, 0.1) is 17.0 Å². The Morgan fingerprint density at radius 3 is 2.17 bits per heavy atom. The molecule has 18 heavy (non-hydrogen) atoms. The van der Waals surface area contributed by atoms with Crippen LogP contribution in [0.2, 0.25) is 0 Å². The monoisotopic (exact) mass is 256 g/mol. The Balaban J connectivity index is 2.94. The molecule has 0 aliphatic heterocycles. The van der Waals surface area contributed by atoms with Gasteiger partial charge in [0, 0.05) is 19.1 Å². The van der Waals surface area contributed by atoms with Crippen LogP contribution in [0.15, 0.2) is 18.2 Å². The summed E-state index contributed by atoms with van der Waals surface area (Å²) in [6, 6.07) is 3.56. The summed E-state index contributed by atoms with van der Waals surface area (Å²) in [6.07, 6.45) is -0.981. The van der Waals surface area contributed by atoms with Crippen molar-refractivity contribution in [1.82, 2.24) is 0 Å². The Morgan fingerprint density at radius 1 is 1.28 bits per heavy atom. The highest BCUT2D eigenvalue weighted by molar-refractivity contribution is 5.86. The minimum absolute atomic E-state index is 0.200. The molecular formula is C14H18F2O2. The molecule has 100 valence electrons. The van der Waals surface area contributed by atoms with E-state index in [0.717, 1.165) is 12.1 Å². The third-order valence-corrected chi connectivity index (χ3v) is 2.73. The number of benzene rings is 1. The van der Waals surface area contributed by atoms with E-state index in [9.17, 15) is 13.6 Å². The highest BCUT2D eigenvalue weighted by Crippen LogP contribution is 2.24. The van der Waals surface area contributed by atoms with Gasteiger partial charge in [0.05, 0.1) is 0 Å². The van der Waals surface area contributed by atoms with Crippen molar-refractivity contribution in [2.75, 3.05) is 7.11 Å². The first-order valence-corrected chi connectivity index (χ1v) is 5.75. The standard InChI is InChI=1S/C14H18F2O2/c1-14(2,3)13(18-4)12(17)8-9-10(15)6-5-7-11(9)16/h5-7,13H,8H2,1-4H3. The molecule has 0 aliphatic carbocycles. The second kappa shape index (κ2) is 5.57. The summed E-state index contributed by atoms with van der Waals surface area (Å²) in [7, 11) is 1.42. The van der Waals surface area contributed by atoms with Gasteiger partial charge >= 0.3 is 0 Å². The van der Waals surface area contributed by atoms with Crippen LogP contribution in [0.25, 0.3) is 0 Å². The summed E-state index contributed by atoms with van der Waals surface area (Å²) < 4.78 is 32.0. The molecule has 2 nitrogen and oxygen atoms in total. The third-order valence-electron chi connectivity index (χ3n) is 2.73. The summed E-state index contributed by atoms with van der Waals surface area (Å²) in [4.78, 5) is 12.0. The molecule has 0 saturated heterocycles. The van der Waals surface area contributed by atoms with Crippen molar-refractivity contribution in [3.8, 4) is 0 Å². The van der Waals surface area contributed by atoms with Crippen molar-refractivity contribution in [3.05, 3.63) is 35.4 Å². The van der Waals surface area contributed by atoms with Crippen LogP contribution in [0.1, 0.15) is 26.3 Å². The lowest BCUT2D eigenvalue weighted by Gasteiger charge is -2.28. The summed E-state index contributed by atoms with van der Waals surface area (Å²) >= 11 is 0. The van der Waals surface area contributed by atoms with E-state index in [1.807, 2.05) is 20.8 Å². The summed E-state index contributed by atoms with van der Waals surface area (Å²) in [6.45, 7) is 5.53. The molecule has 0 aromatic heterocycles. The molecule has 1 atom stereocenters. The number of Topliss-reactive ketones (excluding diaryl/α,β-unsaturated/α-hetero) is 1. The molecule has 0 fully saturated rings. The van der Waals surface area contributed by atoms with E-state index in [2.05, 4.69) is 0 Å². The third kappa shape index (κ3) is 3.35. The number of ketones is 1. The van der Waals surface area contributed by atoms with Crippen molar-refractivity contribution in [2.24, 2.45) is 5.41 Å². The minimum atomic E-state index is -0.702. The Morgan fingerprint density at radius 2 is 1.78 bits per heavy atom. The van der Waals surface area contributed by atoms with Gasteiger partial charge in [-0.05, 0) is 17.5 Å². The number of rotatable bonds is 4. The Bertz CT molecular complexity index is 416. The van der Waals surface area contributed by atoms with Crippen LogP contribution >= 0.6 is 0 Å². The molecule has 0 saturated carbocycles. The van der Waals surface area contributed by atoms with Crippen LogP contribution in [-0.4, -0.2) is 19.0 Å². The maximum Gasteiger partial charge on any atom is 0.166 e. The molecule has 0 amide bonds. The first-order valence-electron chi connectivity index (χ1n) is 5.75. The van der Waals surface area contributed by atoms with E-state index in [-0.39, 0.29) is 17.8 Å². The summed E-state index contributed by atoms with van der Waals surface area (Å²) in [5.41, 5.74) is -0.609. The molecule has 1 aromatic carbocycles. The highest BCUT2D eigenvalue weighted by atomic mass is 19.1. The predicted octanol–water partition coefficient (Wildman–Crippen LogP) is 3.14. The van der Waals surface area contributed by atoms with E-state index in [0.29, 0.717) is 0 Å². The van der Waals surface area contributed by atoms with E-state index in [1.54, 1.807) is 0 Å². The molecule has 1 unspecified atom stereocenters. The average molecular weight is 256 g/mol. The maximum absolute atomic E-state index is 13.4. The van der Waals surface area contributed by atoms with Crippen LogP contribution < -0.4 is 0 Å². The molecule has 1 aromatic rings. The van der Waals surface area contributed by atoms with Crippen molar-refractivity contribution >= 4 is 5.78 Å². The summed E-state index contributed by atoms with van der Waals surface area (Å²) in [5.74, 6) is -1.73. The fourth-order valence-corrected chi connectivity index (χ4v) is 1.94. The van der Waals surface area contributed by atoms with Gasteiger partial charge in [0.2, 0.25) is 0 Å². The fourth-order valence-electron chi connectivity index (χ4n) is 1.94. The van der Waals surface area contributed by atoms with Gasteiger partial charge in [0.15, 0.2) is 5.78 Å². The number of hydrogen-bond donors (Lipinski definition) is 0. The molecule has 0 aliphatic rings. The lowest BCUT2D eigenvalue weighted by molar-refractivity contribution is -0.134. The average Bonchev–Trinajstić information content (AvgIpc) is 2.22. The zero-order valence-corrected chi connectivity index (χ0v) is 11.1. The number of carbonyl (C=O) groups is 1. The zero-order valence-electron chi connectivity index (χ0n) is 11.1. The normalized spacial score (nSPS) is 13.4. The van der Waals surface area contributed by atoms with Gasteiger partial charge in [-0.1, -0.05) is 26.8 Å². The lowest BCUT2D eigenvalue weighted by atomic mass is 9.84. The number of carbonyl (C=O) groups excluding carboxylic acids is 1. The van der Waals surface area contributed by atoms with Gasteiger partial charge in [-0.3, -0.25) is 4.79 Å². The van der Waals surface area contributed by atoms with Gasteiger partial charge in [-0.2, -0.15) is 0 Å². The van der Waals surface area contributed by atoms with E-state index < -0.39 is 23.2 Å². The molecular weight excluding hydrogens is 238 g/mol. The molecule has 0 radical (unpaired) electrons. The quantitative estimate of drug-likeness (QED) is 0.827. The first-order chi connectivity index (χ1) is 8.27. The van der Waals surface area contributed by atoms with Crippen LogP contribution in [0.3, 0.4) is 0 Å². The van der Waals surface area contributed by atoms with Gasteiger partial charge in [-0.25, -0.2) is 8.78 Å². The number of ether oxygens (including phenoxy) is 1. The molecule has 0 bridgehead atoms. The van der Waals surface area contributed by atoms with Crippen molar-refractivity contribution in [3.63, 3.8) is 0 Å². The van der Waals surface area contributed by atoms with Crippen LogP contribution in [0.4, 0.5) is 8.78 Å².